The molecular weight excluding hydrogens is 349 g/mol. The van der Waals surface area contributed by atoms with Gasteiger partial charge in [0, 0.05) is 32.8 Å². The van der Waals surface area contributed by atoms with Gasteiger partial charge in [-0.05, 0) is 30.9 Å². The Morgan fingerprint density at radius 3 is 2.54 bits per heavy atom. The van der Waals surface area contributed by atoms with Crippen molar-refractivity contribution in [2.24, 2.45) is 5.73 Å². The molecule has 1 aromatic rings. The molecule has 1 saturated heterocycles. The predicted molar refractivity (Wildman–Crippen MR) is 102 cm³/mol. The van der Waals surface area contributed by atoms with Gasteiger partial charge in [0.15, 0.2) is 0 Å². The molecule has 1 atom stereocenters. The van der Waals surface area contributed by atoms with Crippen molar-refractivity contribution in [1.29, 1.82) is 0 Å². The van der Waals surface area contributed by atoms with Gasteiger partial charge in [0.2, 0.25) is 5.91 Å². The number of hydrogen-bond acceptors (Lipinski definition) is 4. The standard InChI is InChI=1S/C17H27N3O2.2ClH/c1-13-5-3-4-6-14(13)11-20-9-7-15(8-10-20)19-17(21)16(18)12-22-2;;/h3-6,15-16H,7-12,18H2,1-2H3,(H,19,21);2*1H. The predicted octanol–water partition coefficient (Wildman–Crippen LogP) is 1.89. The fourth-order valence-electron chi connectivity index (χ4n) is 2.83. The van der Waals surface area contributed by atoms with E-state index in [2.05, 4.69) is 41.4 Å². The highest BCUT2D eigenvalue weighted by Crippen LogP contribution is 2.16. The van der Waals surface area contributed by atoms with E-state index in [9.17, 15) is 4.79 Å². The van der Waals surface area contributed by atoms with Gasteiger partial charge < -0.3 is 15.8 Å². The molecule has 1 aromatic carbocycles. The molecule has 1 unspecified atom stereocenters. The number of ether oxygens (including phenoxy) is 1. The number of nitrogens with one attached hydrogen (secondary N) is 1. The Balaban J connectivity index is 0.00000264. The number of piperidine rings is 1. The summed E-state index contributed by atoms with van der Waals surface area (Å²) < 4.78 is 4.91. The zero-order valence-electron chi connectivity index (χ0n) is 14.4. The number of nitrogens with zero attached hydrogens (tertiary/aromatic N) is 1. The molecular formula is C17H29Cl2N3O2. The molecule has 7 heteroatoms. The van der Waals surface area contributed by atoms with Crippen LogP contribution in [-0.2, 0) is 16.1 Å². The lowest BCUT2D eigenvalue weighted by Gasteiger charge is -2.33. The van der Waals surface area contributed by atoms with Crippen LogP contribution in [0.15, 0.2) is 24.3 Å². The highest BCUT2D eigenvalue weighted by atomic mass is 35.5. The summed E-state index contributed by atoms with van der Waals surface area (Å²) in [6.07, 6.45) is 1.94. The number of rotatable bonds is 6. The first-order chi connectivity index (χ1) is 10.6. The number of methoxy groups -OCH3 is 1. The van der Waals surface area contributed by atoms with Crippen molar-refractivity contribution in [3.8, 4) is 0 Å². The summed E-state index contributed by atoms with van der Waals surface area (Å²) in [5.41, 5.74) is 8.46. The molecule has 1 fully saturated rings. The van der Waals surface area contributed by atoms with Crippen LogP contribution < -0.4 is 11.1 Å². The van der Waals surface area contributed by atoms with Gasteiger partial charge in [-0.3, -0.25) is 9.69 Å². The lowest BCUT2D eigenvalue weighted by Crippen LogP contribution is -2.50. The average Bonchev–Trinajstić information content (AvgIpc) is 2.51. The number of likely N-dealkylation sites (tertiary alicyclic amines) is 1. The fourth-order valence-corrected chi connectivity index (χ4v) is 2.83. The third-order valence-electron chi connectivity index (χ3n) is 4.27. The number of aryl methyl sites for hydroxylation is 1. The maximum atomic E-state index is 11.9. The maximum Gasteiger partial charge on any atom is 0.239 e. The second-order valence-electron chi connectivity index (χ2n) is 6.05. The van der Waals surface area contributed by atoms with Crippen LogP contribution in [0.5, 0.6) is 0 Å². The third-order valence-corrected chi connectivity index (χ3v) is 4.27. The van der Waals surface area contributed by atoms with Crippen LogP contribution in [0.2, 0.25) is 0 Å². The Morgan fingerprint density at radius 1 is 1.33 bits per heavy atom. The molecule has 0 radical (unpaired) electrons. The average molecular weight is 378 g/mol. The first-order valence-corrected chi connectivity index (χ1v) is 7.92. The summed E-state index contributed by atoms with van der Waals surface area (Å²) in [5, 5.41) is 3.03. The Bertz CT molecular complexity index is 494. The molecule has 1 amide bonds. The molecule has 5 nitrogen and oxygen atoms in total. The molecule has 0 saturated carbocycles. The summed E-state index contributed by atoms with van der Waals surface area (Å²) in [5.74, 6) is -0.112. The monoisotopic (exact) mass is 377 g/mol. The van der Waals surface area contributed by atoms with E-state index in [1.165, 1.54) is 11.1 Å². The Labute approximate surface area is 157 Å². The molecule has 3 N–H and O–H groups in total. The number of nitrogens with two attached hydrogens (primary N) is 1. The minimum absolute atomic E-state index is 0. The van der Waals surface area contributed by atoms with Crippen molar-refractivity contribution in [2.75, 3.05) is 26.8 Å². The summed E-state index contributed by atoms with van der Waals surface area (Å²) >= 11 is 0. The molecule has 1 aliphatic heterocycles. The first kappa shape index (κ1) is 23.1. The Morgan fingerprint density at radius 2 is 1.96 bits per heavy atom. The van der Waals surface area contributed by atoms with Gasteiger partial charge in [-0.1, -0.05) is 24.3 Å². The van der Waals surface area contributed by atoms with Crippen LogP contribution in [0.1, 0.15) is 24.0 Å². The van der Waals surface area contributed by atoms with Crippen molar-refractivity contribution in [2.45, 2.75) is 38.4 Å². The number of amides is 1. The largest absolute Gasteiger partial charge is 0.383 e. The van der Waals surface area contributed by atoms with E-state index in [0.29, 0.717) is 0 Å². The van der Waals surface area contributed by atoms with Crippen LogP contribution in [-0.4, -0.2) is 49.7 Å². The lowest BCUT2D eigenvalue weighted by atomic mass is 10.0. The molecule has 1 heterocycles. The highest BCUT2D eigenvalue weighted by molar-refractivity contribution is 5.85. The van der Waals surface area contributed by atoms with Crippen molar-refractivity contribution in [1.82, 2.24) is 10.2 Å². The molecule has 24 heavy (non-hydrogen) atoms. The number of benzene rings is 1. The lowest BCUT2D eigenvalue weighted by molar-refractivity contribution is -0.124. The zero-order chi connectivity index (χ0) is 15.9. The zero-order valence-corrected chi connectivity index (χ0v) is 16.0. The number of halogens is 2. The Hall–Kier alpha value is -0.850. The Kier molecular flexibility index (Phi) is 11.2. The number of carbonyl (C=O) groups excluding carboxylic acids is 1. The molecule has 138 valence electrons. The van der Waals surface area contributed by atoms with Crippen molar-refractivity contribution >= 4 is 30.7 Å². The SMILES string of the molecule is COCC(N)C(=O)NC1CCN(Cc2ccccc2C)CC1.Cl.Cl. The van der Waals surface area contributed by atoms with E-state index in [1.807, 2.05) is 0 Å². The van der Waals surface area contributed by atoms with Crippen LogP contribution in [0.3, 0.4) is 0 Å². The quantitative estimate of drug-likeness (QED) is 0.794. The minimum Gasteiger partial charge on any atom is -0.383 e. The number of hydrogen-bond donors (Lipinski definition) is 2. The summed E-state index contributed by atoms with van der Waals surface area (Å²) in [7, 11) is 1.55. The van der Waals surface area contributed by atoms with Gasteiger partial charge in [0.25, 0.3) is 0 Å². The van der Waals surface area contributed by atoms with Crippen molar-refractivity contribution < 1.29 is 9.53 Å². The van der Waals surface area contributed by atoms with Crippen LogP contribution in [0.25, 0.3) is 0 Å². The summed E-state index contributed by atoms with van der Waals surface area (Å²) in [4.78, 5) is 14.3. The molecule has 0 aromatic heterocycles. The van der Waals surface area contributed by atoms with E-state index < -0.39 is 6.04 Å². The number of carbonyl (C=O) groups is 1. The van der Waals surface area contributed by atoms with Crippen LogP contribution in [0, 0.1) is 6.92 Å². The van der Waals surface area contributed by atoms with Gasteiger partial charge in [0.1, 0.15) is 6.04 Å². The molecule has 1 aliphatic rings. The van der Waals surface area contributed by atoms with Gasteiger partial charge in [-0.2, -0.15) is 0 Å². The van der Waals surface area contributed by atoms with Crippen molar-refractivity contribution in [3.63, 3.8) is 0 Å². The third kappa shape index (κ3) is 6.95. The topological polar surface area (TPSA) is 67.6 Å². The second-order valence-corrected chi connectivity index (χ2v) is 6.05. The van der Waals surface area contributed by atoms with E-state index in [1.54, 1.807) is 7.11 Å². The van der Waals surface area contributed by atoms with E-state index in [4.69, 9.17) is 10.5 Å². The fraction of sp³-hybridized carbons (Fsp3) is 0.588. The molecule has 0 aliphatic carbocycles. The molecule has 0 bridgehead atoms. The van der Waals surface area contributed by atoms with Gasteiger partial charge in [-0.15, -0.1) is 24.8 Å². The van der Waals surface area contributed by atoms with Gasteiger partial charge in [0.05, 0.1) is 6.61 Å². The van der Waals surface area contributed by atoms with Crippen LogP contribution >= 0.6 is 24.8 Å². The van der Waals surface area contributed by atoms with E-state index in [-0.39, 0.29) is 43.4 Å². The molecule has 2 rings (SSSR count). The smallest absolute Gasteiger partial charge is 0.239 e. The van der Waals surface area contributed by atoms with Gasteiger partial charge >= 0.3 is 0 Å². The highest BCUT2D eigenvalue weighted by Gasteiger charge is 2.23. The first-order valence-electron chi connectivity index (χ1n) is 7.92. The van der Waals surface area contributed by atoms with Crippen molar-refractivity contribution in [3.05, 3.63) is 35.4 Å². The minimum atomic E-state index is -0.574. The van der Waals surface area contributed by atoms with Crippen LogP contribution in [0.4, 0.5) is 0 Å². The second kappa shape index (κ2) is 11.7. The maximum absolute atomic E-state index is 11.9. The van der Waals surface area contributed by atoms with Gasteiger partial charge in [-0.25, -0.2) is 0 Å². The summed E-state index contributed by atoms with van der Waals surface area (Å²) in [6, 6.07) is 8.15. The van der Waals surface area contributed by atoms with E-state index in [0.717, 1.165) is 32.5 Å². The van der Waals surface area contributed by atoms with E-state index >= 15 is 0 Å². The summed E-state index contributed by atoms with van der Waals surface area (Å²) in [6.45, 7) is 5.39. The molecule has 0 spiro atoms. The normalized spacial score (nSPS) is 16.6.